The van der Waals surface area contributed by atoms with Gasteiger partial charge in [0.15, 0.2) is 0 Å². The summed E-state index contributed by atoms with van der Waals surface area (Å²) in [5, 5.41) is 14.3. The maximum absolute atomic E-state index is 5.17. The fourth-order valence-corrected chi connectivity index (χ4v) is 1.97. The molecular weight excluding hydrogens is 286 g/mol. The Bertz CT molecular complexity index is 513. The molecule has 1 N–H and O–H groups in total. The van der Waals surface area contributed by atoms with Crippen molar-refractivity contribution in [1.29, 1.82) is 0 Å². The molecule has 0 bridgehead atoms. The maximum atomic E-state index is 5.17. The SMILES string of the molecule is COc1ccc(CNc2nnnn2C)cc1Br. The molecule has 90 valence electrons. The van der Waals surface area contributed by atoms with E-state index in [1.807, 2.05) is 18.2 Å². The molecule has 0 saturated heterocycles. The van der Waals surface area contributed by atoms with E-state index in [4.69, 9.17) is 4.74 Å². The Morgan fingerprint density at radius 1 is 1.47 bits per heavy atom. The number of aryl methyl sites for hydroxylation is 1. The third kappa shape index (κ3) is 2.73. The average Bonchev–Trinajstić information content (AvgIpc) is 2.72. The topological polar surface area (TPSA) is 64.9 Å². The molecule has 0 aliphatic rings. The van der Waals surface area contributed by atoms with E-state index in [-0.39, 0.29) is 0 Å². The van der Waals surface area contributed by atoms with Crippen LogP contribution in [0.4, 0.5) is 5.95 Å². The number of ether oxygens (including phenoxy) is 1. The Balaban J connectivity index is 2.05. The van der Waals surface area contributed by atoms with E-state index in [1.54, 1.807) is 18.8 Å². The number of nitrogens with zero attached hydrogens (tertiary/aromatic N) is 4. The molecule has 1 heterocycles. The van der Waals surface area contributed by atoms with E-state index in [2.05, 4.69) is 36.8 Å². The number of rotatable bonds is 4. The van der Waals surface area contributed by atoms with E-state index >= 15 is 0 Å². The highest BCUT2D eigenvalue weighted by molar-refractivity contribution is 9.10. The van der Waals surface area contributed by atoms with Crippen LogP contribution >= 0.6 is 15.9 Å². The summed E-state index contributed by atoms with van der Waals surface area (Å²) in [5.41, 5.74) is 1.11. The van der Waals surface area contributed by atoms with Crippen molar-refractivity contribution in [3.63, 3.8) is 0 Å². The highest BCUT2D eigenvalue weighted by atomic mass is 79.9. The van der Waals surface area contributed by atoms with Crippen LogP contribution in [-0.2, 0) is 13.6 Å². The molecule has 6 nitrogen and oxygen atoms in total. The zero-order valence-electron chi connectivity index (χ0n) is 9.51. The average molecular weight is 298 g/mol. The van der Waals surface area contributed by atoms with Crippen molar-refractivity contribution in [2.24, 2.45) is 7.05 Å². The van der Waals surface area contributed by atoms with E-state index in [9.17, 15) is 0 Å². The zero-order valence-corrected chi connectivity index (χ0v) is 11.1. The Hall–Kier alpha value is -1.63. The summed E-state index contributed by atoms with van der Waals surface area (Å²) in [7, 11) is 3.43. The first kappa shape index (κ1) is 11.8. The van der Waals surface area contributed by atoms with Crippen molar-refractivity contribution in [3.05, 3.63) is 28.2 Å². The molecule has 0 aliphatic carbocycles. The van der Waals surface area contributed by atoms with Crippen LogP contribution in [0.2, 0.25) is 0 Å². The number of halogens is 1. The first-order chi connectivity index (χ1) is 8.20. The lowest BCUT2D eigenvalue weighted by Gasteiger charge is -2.07. The predicted octanol–water partition coefficient (Wildman–Crippen LogP) is 1.59. The number of hydrogen-bond donors (Lipinski definition) is 1. The van der Waals surface area contributed by atoms with Crippen molar-refractivity contribution >= 4 is 21.9 Å². The second-order valence-corrected chi connectivity index (χ2v) is 4.30. The highest BCUT2D eigenvalue weighted by Crippen LogP contribution is 2.25. The van der Waals surface area contributed by atoms with Crippen LogP contribution in [0.1, 0.15) is 5.56 Å². The van der Waals surface area contributed by atoms with Crippen LogP contribution in [0.5, 0.6) is 5.75 Å². The third-order valence-corrected chi connectivity index (χ3v) is 2.91. The Labute approximate surface area is 107 Å². The van der Waals surface area contributed by atoms with Gasteiger partial charge in [0.05, 0.1) is 11.6 Å². The molecule has 0 fully saturated rings. The van der Waals surface area contributed by atoms with Gasteiger partial charge in [0.2, 0.25) is 5.95 Å². The molecule has 17 heavy (non-hydrogen) atoms. The van der Waals surface area contributed by atoms with Gasteiger partial charge in [-0.15, -0.1) is 0 Å². The van der Waals surface area contributed by atoms with Crippen molar-refractivity contribution < 1.29 is 4.74 Å². The number of tetrazole rings is 1. The van der Waals surface area contributed by atoms with Gasteiger partial charge in [-0.3, -0.25) is 0 Å². The lowest BCUT2D eigenvalue weighted by Crippen LogP contribution is -2.05. The lowest BCUT2D eigenvalue weighted by atomic mass is 10.2. The summed E-state index contributed by atoms with van der Waals surface area (Å²) in [6.07, 6.45) is 0. The van der Waals surface area contributed by atoms with Gasteiger partial charge < -0.3 is 10.1 Å². The predicted molar refractivity (Wildman–Crippen MR) is 66.8 cm³/mol. The van der Waals surface area contributed by atoms with Gasteiger partial charge >= 0.3 is 0 Å². The number of nitrogens with one attached hydrogen (secondary N) is 1. The van der Waals surface area contributed by atoms with Gasteiger partial charge in [0.1, 0.15) is 5.75 Å². The van der Waals surface area contributed by atoms with Gasteiger partial charge in [0, 0.05) is 13.6 Å². The van der Waals surface area contributed by atoms with Crippen molar-refractivity contribution in [1.82, 2.24) is 20.2 Å². The van der Waals surface area contributed by atoms with E-state index in [0.717, 1.165) is 15.8 Å². The number of aromatic nitrogens is 4. The maximum Gasteiger partial charge on any atom is 0.242 e. The minimum Gasteiger partial charge on any atom is -0.496 e. The van der Waals surface area contributed by atoms with Crippen LogP contribution in [0, 0.1) is 0 Å². The van der Waals surface area contributed by atoms with Crippen LogP contribution in [0.3, 0.4) is 0 Å². The van der Waals surface area contributed by atoms with Crippen LogP contribution in [0.15, 0.2) is 22.7 Å². The largest absolute Gasteiger partial charge is 0.496 e. The molecule has 0 radical (unpaired) electrons. The molecule has 0 amide bonds. The standard InChI is InChI=1S/C10H12BrN5O/c1-16-10(13-14-15-16)12-6-7-3-4-9(17-2)8(11)5-7/h3-5H,6H2,1-2H3,(H,12,13,15). The molecule has 2 aromatic rings. The normalized spacial score (nSPS) is 10.3. The Morgan fingerprint density at radius 3 is 2.88 bits per heavy atom. The number of hydrogen-bond acceptors (Lipinski definition) is 5. The third-order valence-electron chi connectivity index (χ3n) is 2.29. The second-order valence-electron chi connectivity index (χ2n) is 3.45. The molecule has 0 spiro atoms. The first-order valence-corrected chi connectivity index (χ1v) is 5.78. The molecule has 0 aliphatic heterocycles. The molecular formula is C10H12BrN5O. The smallest absolute Gasteiger partial charge is 0.242 e. The molecule has 2 rings (SSSR count). The van der Waals surface area contributed by atoms with E-state index in [1.165, 1.54) is 0 Å². The highest BCUT2D eigenvalue weighted by Gasteiger charge is 2.03. The second kappa shape index (κ2) is 5.13. The zero-order chi connectivity index (χ0) is 12.3. The fourth-order valence-electron chi connectivity index (χ4n) is 1.38. The molecule has 1 aromatic heterocycles. The summed E-state index contributed by atoms with van der Waals surface area (Å²) in [4.78, 5) is 0. The van der Waals surface area contributed by atoms with Gasteiger partial charge in [0.25, 0.3) is 0 Å². The lowest BCUT2D eigenvalue weighted by molar-refractivity contribution is 0.412. The first-order valence-electron chi connectivity index (χ1n) is 4.99. The number of benzene rings is 1. The summed E-state index contributed by atoms with van der Waals surface area (Å²) in [6.45, 7) is 0.650. The van der Waals surface area contributed by atoms with Gasteiger partial charge in [-0.25, -0.2) is 4.68 Å². The minimum atomic E-state index is 0.636. The fraction of sp³-hybridized carbons (Fsp3) is 0.300. The molecule has 0 atom stereocenters. The summed E-state index contributed by atoms with van der Waals surface area (Å²) >= 11 is 3.44. The Kier molecular flexibility index (Phi) is 3.58. The van der Waals surface area contributed by atoms with Crippen LogP contribution < -0.4 is 10.1 Å². The minimum absolute atomic E-state index is 0.636. The molecule has 0 unspecified atom stereocenters. The quantitative estimate of drug-likeness (QED) is 0.928. The summed E-state index contributed by atoms with van der Waals surface area (Å²) in [5.74, 6) is 1.45. The monoisotopic (exact) mass is 297 g/mol. The van der Waals surface area contributed by atoms with Crippen molar-refractivity contribution in [2.75, 3.05) is 12.4 Å². The van der Waals surface area contributed by atoms with Crippen LogP contribution in [0.25, 0.3) is 0 Å². The summed E-state index contributed by atoms with van der Waals surface area (Å²) < 4.78 is 7.67. The van der Waals surface area contributed by atoms with E-state index in [0.29, 0.717) is 12.5 Å². The number of anilines is 1. The molecule has 7 heteroatoms. The molecule has 0 saturated carbocycles. The Morgan fingerprint density at radius 2 is 2.29 bits per heavy atom. The van der Waals surface area contributed by atoms with Crippen molar-refractivity contribution in [3.8, 4) is 5.75 Å². The number of methoxy groups -OCH3 is 1. The van der Waals surface area contributed by atoms with E-state index < -0.39 is 0 Å². The van der Waals surface area contributed by atoms with Gasteiger partial charge in [-0.05, 0) is 44.1 Å². The van der Waals surface area contributed by atoms with Crippen LogP contribution in [-0.4, -0.2) is 27.3 Å². The van der Waals surface area contributed by atoms with Gasteiger partial charge in [-0.2, -0.15) is 0 Å². The van der Waals surface area contributed by atoms with Gasteiger partial charge in [-0.1, -0.05) is 11.2 Å². The van der Waals surface area contributed by atoms with Crippen molar-refractivity contribution in [2.45, 2.75) is 6.54 Å². The molecule has 1 aromatic carbocycles. The summed E-state index contributed by atoms with van der Waals surface area (Å²) in [6, 6.07) is 5.89.